The van der Waals surface area contributed by atoms with Crippen LogP contribution in [0.3, 0.4) is 0 Å². The summed E-state index contributed by atoms with van der Waals surface area (Å²) >= 11 is 11.3. The average molecular weight is 163 g/mol. The van der Waals surface area contributed by atoms with E-state index < -0.39 is 0 Å². The maximum Gasteiger partial charge on any atom is 0.0604 e. The zero-order chi connectivity index (χ0) is 6.85. The first-order valence-electron chi connectivity index (χ1n) is 2.52. The summed E-state index contributed by atoms with van der Waals surface area (Å²) in [5.41, 5.74) is 5.99. The first kappa shape index (κ1) is 6.97. The van der Waals surface area contributed by atoms with E-state index in [4.69, 9.17) is 28.9 Å². The van der Waals surface area contributed by atoms with Crippen molar-refractivity contribution in [3.8, 4) is 0 Å². The molecule has 0 saturated heterocycles. The highest BCUT2D eigenvalue weighted by molar-refractivity contribution is 6.33. The standard InChI is InChI=1S/C6H6Cl2N/c7-4-1-2-6(9)5(8)3-4/h1-4H,9H2. The highest BCUT2D eigenvalue weighted by atomic mass is 35.5. The number of rotatable bonds is 0. The van der Waals surface area contributed by atoms with Gasteiger partial charge < -0.3 is 5.73 Å². The number of allylic oxidation sites excluding steroid dienone is 3. The topological polar surface area (TPSA) is 26.0 Å². The molecule has 0 saturated carbocycles. The average Bonchev–Trinajstić information content (AvgIpc) is 1.80. The molecule has 1 radical (unpaired) electrons. The van der Waals surface area contributed by atoms with Gasteiger partial charge in [0.25, 0.3) is 0 Å². The van der Waals surface area contributed by atoms with Crippen LogP contribution in [0, 0.1) is 6.42 Å². The maximum absolute atomic E-state index is 5.66. The third kappa shape index (κ3) is 1.63. The number of hydrogen-bond acceptors (Lipinski definition) is 1. The highest BCUT2D eigenvalue weighted by Gasteiger charge is 2.09. The van der Waals surface area contributed by atoms with Crippen molar-refractivity contribution in [3.05, 3.63) is 29.3 Å². The number of hydrogen-bond donors (Lipinski definition) is 1. The molecule has 0 aromatic carbocycles. The molecular formula is C6H6Cl2N. The van der Waals surface area contributed by atoms with Gasteiger partial charge in [-0.05, 0) is 6.08 Å². The number of nitrogens with two attached hydrogens (primary N) is 1. The Balaban J connectivity index is 2.75. The van der Waals surface area contributed by atoms with E-state index in [2.05, 4.69) is 0 Å². The van der Waals surface area contributed by atoms with Gasteiger partial charge in [-0.1, -0.05) is 17.7 Å². The van der Waals surface area contributed by atoms with Crippen LogP contribution in [-0.2, 0) is 0 Å². The van der Waals surface area contributed by atoms with E-state index in [1.54, 1.807) is 18.6 Å². The van der Waals surface area contributed by atoms with Gasteiger partial charge in [-0.15, -0.1) is 11.6 Å². The molecule has 49 valence electrons. The lowest BCUT2D eigenvalue weighted by Crippen LogP contribution is -2.07. The molecule has 1 atom stereocenters. The van der Waals surface area contributed by atoms with Crippen LogP contribution in [0.5, 0.6) is 0 Å². The Hall–Kier alpha value is -0.140. The van der Waals surface area contributed by atoms with Crippen LogP contribution in [0.4, 0.5) is 0 Å². The van der Waals surface area contributed by atoms with Gasteiger partial charge >= 0.3 is 0 Å². The summed E-state index contributed by atoms with van der Waals surface area (Å²) in [6, 6.07) is 0. The fourth-order valence-electron chi connectivity index (χ4n) is 0.567. The summed E-state index contributed by atoms with van der Waals surface area (Å²) in [4.78, 5) is 0. The van der Waals surface area contributed by atoms with Gasteiger partial charge in [0.2, 0.25) is 0 Å². The van der Waals surface area contributed by atoms with Crippen molar-refractivity contribution in [1.82, 2.24) is 0 Å². The summed E-state index contributed by atoms with van der Waals surface area (Å²) < 4.78 is 0. The van der Waals surface area contributed by atoms with Crippen LogP contribution < -0.4 is 5.73 Å². The van der Waals surface area contributed by atoms with Gasteiger partial charge in [-0.3, -0.25) is 0 Å². The molecule has 0 aliphatic heterocycles. The highest BCUT2D eigenvalue weighted by Crippen LogP contribution is 2.21. The Morgan fingerprint density at radius 3 is 2.67 bits per heavy atom. The van der Waals surface area contributed by atoms with Crippen molar-refractivity contribution in [2.75, 3.05) is 0 Å². The van der Waals surface area contributed by atoms with Crippen molar-refractivity contribution in [3.63, 3.8) is 0 Å². The molecule has 2 N–H and O–H groups in total. The second kappa shape index (κ2) is 2.63. The van der Waals surface area contributed by atoms with Crippen LogP contribution in [0.2, 0.25) is 0 Å². The van der Waals surface area contributed by atoms with E-state index in [1.165, 1.54) is 0 Å². The van der Waals surface area contributed by atoms with Gasteiger partial charge in [0.15, 0.2) is 0 Å². The van der Waals surface area contributed by atoms with Gasteiger partial charge in [0, 0.05) is 17.2 Å². The molecule has 0 fully saturated rings. The molecule has 0 spiro atoms. The Labute approximate surface area is 64.1 Å². The van der Waals surface area contributed by atoms with E-state index in [1.807, 2.05) is 0 Å². The van der Waals surface area contributed by atoms with Crippen LogP contribution in [0.25, 0.3) is 0 Å². The first-order chi connectivity index (χ1) is 4.20. The summed E-state index contributed by atoms with van der Waals surface area (Å²) in [6.07, 6.45) is 5.18. The molecule has 1 rings (SSSR count). The Bertz CT molecular complexity index is 172. The van der Waals surface area contributed by atoms with E-state index in [-0.39, 0.29) is 5.38 Å². The minimum Gasteiger partial charge on any atom is -0.398 e. The summed E-state index contributed by atoms with van der Waals surface area (Å²) in [6.45, 7) is 0. The van der Waals surface area contributed by atoms with Crippen LogP contribution in [0.15, 0.2) is 22.9 Å². The summed E-state index contributed by atoms with van der Waals surface area (Å²) in [5, 5.41) is 0.433. The predicted molar refractivity (Wildman–Crippen MR) is 40.1 cm³/mol. The van der Waals surface area contributed by atoms with Gasteiger partial charge in [-0.2, -0.15) is 0 Å². The van der Waals surface area contributed by atoms with Crippen molar-refractivity contribution in [2.45, 2.75) is 5.38 Å². The van der Waals surface area contributed by atoms with E-state index in [0.717, 1.165) is 0 Å². The Kier molecular flexibility index (Phi) is 2.04. The third-order valence-electron chi connectivity index (χ3n) is 1.04. The zero-order valence-corrected chi connectivity index (χ0v) is 6.15. The Morgan fingerprint density at radius 2 is 2.22 bits per heavy atom. The predicted octanol–water partition coefficient (Wildman–Crippen LogP) is 1.78. The fraction of sp³-hybridized carbons (Fsp3) is 0.167. The molecular weight excluding hydrogens is 157 g/mol. The fourth-order valence-corrected chi connectivity index (χ4v) is 1.03. The Morgan fingerprint density at radius 1 is 1.56 bits per heavy atom. The van der Waals surface area contributed by atoms with Crippen LogP contribution >= 0.6 is 23.2 Å². The zero-order valence-electron chi connectivity index (χ0n) is 4.64. The molecule has 9 heavy (non-hydrogen) atoms. The summed E-state index contributed by atoms with van der Waals surface area (Å²) in [5.74, 6) is 0. The summed E-state index contributed by atoms with van der Waals surface area (Å²) in [7, 11) is 0. The van der Waals surface area contributed by atoms with Crippen LogP contribution in [0.1, 0.15) is 0 Å². The van der Waals surface area contributed by atoms with E-state index in [0.29, 0.717) is 10.7 Å². The second-order valence-electron chi connectivity index (χ2n) is 1.77. The number of halogens is 2. The van der Waals surface area contributed by atoms with E-state index in [9.17, 15) is 0 Å². The number of alkyl halides is 1. The smallest absolute Gasteiger partial charge is 0.0604 e. The molecule has 3 heteroatoms. The van der Waals surface area contributed by atoms with E-state index >= 15 is 0 Å². The third-order valence-corrected chi connectivity index (χ3v) is 1.66. The van der Waals surface area contributed by atoms with Crippen molar-refractivity contribution >= 4 is 23.2 Å². The molecule has 0 bridgehead atoms. The molecule has 1 unspecified atom stereocenters. The van der Waals surface area contributed by atoms with Gasteiger partial charge in [0.05, 0.1) is 5.38 Å². The normalized spacial score (nSPS) is 27.1. The molecule has 1 aliphatic carbocycles. The molecule has 0 aromatic rings. The van der Waals surface area contributed by atoms with Crippen molar-refractivity contribution in [2.24, 2.45) is 5.73 Å². The molecule has 0 amide bonds. The lowest BCUT2D eigenvalue weighted by Gasteiger charge is -2.09. The molecule has 0 heterocycles. The maximum atomic E-state index is 5.66. The largest absolute Gasteiger partial charge is 0.398 e. The second-order valence-corrected chi connectivity index (χ2v) is 2.68. The lowest BCUT2D eigenvalue weighted by molar-refractivity contribution is 1.19. The molecule has 0 aromatic heterocycles. The molecule has 1 aliphatic rings. The minimum atomic E-state index is -0.107. The lowest BCUT2D eigenvalue weighted by atomic mass is 10.1. The van der Waals surface area contributed by atoms with Gasteiger partial charge in [0.1, 0.15) is 0 Å². The monoisotopic (exact) mass is 162 g/mol. The SMILES string of the molecule is NC1=C(Cl)[CH]C(Cl)C=C1. The minimum absolute atomic E-state index is 0.107. The molecule has 1 nitrogen and oxygen atoms in total. The van der Waals surface area contributed by atoms with Crippen molar-refractivity contribution in [1.29, 1.82) is 0 Å². The first-order valence-corrected chi connectivity index (χ1v) is 3.34. The quantitative estimate of drug-likeness (QED) is 0.541. The van der Waals surface area contributed by atoms with Crippen molar-refractivity contribution < 1.29 is 0 Å². The van der Waals surface area contributed by atoms with Gasteiger partial charge in [-0.25, -0.2) is 0 Å². The van der Waals surface area contributed by atoms with Crippen LogP contribution in [-0.4, -0.2) is 5.38 Å².